The average Bonchev–Trinajstić information content (AvgIpc) is 3.23. The number of carbonyl (C=O) groups is 1. The van der Waals surface area contributed by atoms with Crippen LogP contribution in [0.15, 0.2) is 16.7 Å². The fraction of sp³-hybridized carbons (Fsp3) is 0.632. The van der Waals surface area contributed by atoms with E-state index in [-0.39, 0.29) is 11.5 Å². The summed E-state index contributed by atoms with van der Waals surface area (Å²) in [6.07, 6.45) is 4.67. The number of rotatable bonds is 3. The first-order chi connectivity index (χ1) is 12.5. The minimum atomic E-state index is -0.0971. The van der Waals surface area contributed by atoms with Gasteiger partial charge in [-0.1, -0.05) is 5.16 Å². The van der Waals surface area contributed by atoms with Crippen molar-refractivity contribution in [1.29, 1.82) is 0 Å². The fourth-order valence-corrected chi connectivity index (χ4v) is 4.98. The molecule has 2 aromatic heterocycles. The van der Waals surface area contributed by atoms with Gasteiger partial charge in [0.25, 0.3) is 5.91 Å². The third kappa shape index (κ3) is 3.69. The Balaban J connectivity index is 1.35. The second kappa shape index (κ2) is 7.12. The maximum absolute atomic E-state index is 12.7. The second-order valence-corrected chi connectivity index (χ2v) is 8.82. The Kier molecular flexibility index (Phi) is 4.84. The van der Waals surface area contributed by atoms with Crippen molar-refractivity contribution in [2.45, 2.75) is 51.6 Å². The van der Waals surface area contributed by atoms with Crippen LogP contribution in [0.1, 0.15) is 51.9 Å². The highest BCUT2D eigenvalue weighted by atomic mass is 32.1. The van der Waals surface area contributed by atoms with E-state index in [2.05, 4.69) is 10.1 Å². The summed E-state index contributed by atoms with van der Waals surface area (Å²) in [5.41, 5.74) is -0.0971. The third-order valence-corrected chi connectivity index (χ3v) is 6.53. The molecule has 26 heavy (non-hydrogen) atoms. The van der Waals surface area contributed by atoms with Gasteiger partial charge in [0.1, 0.15) is 0 Å². The summed E-state index contributed by atoms with van der Waals surface area (Å²) in [6.45, 7) is 6.19. The van der Waals surface area contributed by atoms with Crippen molar-refractivity contribution in [2.75, 3.05) is 19.7 Å². The SMILES string of the molecule is Cc1noc(CC2CCOC3(CCN(C(=O)c4ccc(C)s4)CC3)C2)n1. The van der Waals surface area contributed by atoms with Gasteiger partial charge in [0, 0.05) is 31.0 Å². The number of ether oxygens (including phenoxy) is 1. The predicted molar refractivity (Wildman–Crippen MR) is 98.3 cm³/mol. The van der Waals surface area contributed by atoms with Crippen LogP contribution in [0.5, 0.6) is 0 Å². The summed E-state index contributed by atoms with van der Waals surface area (Å²) in [5.74, 6) is 2.08. The van der Waals surface area contributed by atoms with E-state index in [0.29, 0.717) is 11.7 Å². The second-order valence-electron chi connectivity index (χ2n) is 7.53. The molecule has 0 N–H and O–H groups in total. The van der Waals surface area contributed by atoms with Gasteiger partial charge in [0.15, 0.2) is 5.82 Å². The zero-order valence-electron chi connectivity index (χ0n) is 15.4. The molecule has 140 valence electrons. The van der Waals surface area contributed by atoms with E-state index in [1.165, 1.54) is 4.88 Å². The monoisotopic (exact) mass is 375 g/mol. The van der Waals surface area contributed by atoms with E-state index in [0.717, 1.165) is 62.6 Å². The number of likely N-dealkylation sites (tertiary alicyclic amines) is 1. The number of piperidine rings is 1. The van der Waals surface area contributed by atoms with Crippen molar-refractivity contribution in [2.24, 2.45) is 5.92 Å². The van der Waals surface area contributed by atoms with Gasteiger partial charge in [-0.15, -0.1) is 11.3 Å². The van der Waals surface area contributed by atoms with Crippen molar-refractivity contribution >= 4 is 17.2 Å². The van der Waals surface area contributed by atoms with Crippen molar-refractivity contribution < 1.29 is 14.1 Å². The lowest BCUT2D eigenvalue weighted by atomic mass is 9.78. The first-order valence-electron chi connectivity index (χ1n) is 9.32. The zero-order valence-corrected chi connectivity index (χ0v) is 16.2. The number of aryl methyl sites for hydroxylation is 2. The molecule has 2 aliphatic rings. The smallest absolute Gasteiger partial charge is 0.263 e. The normalized spacial score (nSPS) is 22.7. The standard InChI is InChI=1S/C19H25N3O3S/c1-13-3-4-16(26-13)18(23)22-8-6-19(7-9-22)12-15(5-10-24-19)11-17-20-14(2)21-25-17/h3-4,15H,5-12H2,1-2H3. The first kappa shape index (κ1) is 17.7. The number of nitrogens with zero attached hydrogens (tertiary/aromatic N) is 3. The number of hydrogen-bond acceptors (Lipinski definition) is 6. The molecule has 0 saturated carbocycles. The highest BCUT2D eigenvalue weighted by molar-refractivity contribution is 7.13. The number of aromatic nitrogens is 2. The van der Waals surface area contributed by atoms with E-state index in [1.807, 2.05) is 30.9 Å². The molecule has 0 aromatic carbocycles. The highest BCUT2D eigenvalue weighted by Gasteiger charge is 2.41. The molecule has 1 unspecified atom stereocenters. The number of hydrogen-bond donors (Lipinski definition) is 0. The minimum absolute atomic E-state index is 0.0971. The zero-order chi connectivity index (χ0) is 18.1. The number of thiophene rings is 1. The molecule has 2 aliphatic heterocycles. The fourth-order valence-electron chi connectivity index (χ4n) is 4.14. The van der Waals surface area contributed by atoms with Crippen molar-refractivity contribution in [1.82, 2.24) is 15.0 Å². The Labute approximate surface area is 157 Å². The third-order valence-electron chi connectivity index (χ3n) is 5.54. The predicted octanol–water partition coefficient (Wildman–Crippen LogP) is 3.39. The summed E-state index contributed by atoms with van der Waals surface area (Å²) in [7, 11) is 0. The van der Waals surface area contributed by atoms with Crippen LogP contribution >= 0.6 is 11.3 Å². The van der Waals surface area contributed by atoms with Crippen molar-refractivity contribution in [3.05, 3.63) is 33.6 Å². The molecule has 6 nitrogen and oxygen atoms in total. The van der Waals surface area contributed by atoms with E-state index in [1.54, 1.807) is 11.3 Å². The molecular weight excluding hydrogens is 350 g/mol. The van der Waals surface area contributed by atoms with Gasteiger partial charge in [-0.2, -0.15) is 4.98 Å². The molecular formula is C19H25N3O3S. The van der Waals surface area contributed by atoms with Crippen LogP contribution in [-0.2, 0) is 11.2 Å². The maximum Gasteiger partial charge on any atom is 0.263 e. The quantitative estimate of drug-likeness (QED) is 0.822. The lowest BCUT2D eigenvalue weighted by Gasteiger charge is -2.46. The number of amides is 1. The maximum atomic E-state index is 12.7. The molecule has 0 bridgehead atoms. The van der Waals surface area contributed by atoms with Crippen LogP contribution in [0.3, 0.4) is 0 Å². The summed E-state index contributed by atoms with van der Waals surface area (Å²) in [6, 6.07) is 3.95. The Morgan fingerprint density at radius 2 is 2.15 bits per heavy atom. The van der Waals surface area contributed by atoms with Crippen molar-refractivity contribution in [3.8, 4) is 0 Å². The molecule has 1 amide bonds. The lowest BCUT2D eigenvalue weighted by molar-refractivity contribution is -0.123. The molecule has 7 heteroatoms. The first-order valence-corrected chi connectivity index (χ1v) is 10.1. The molecule has 0 aliphatic carbocycles. The summed E-state index contributed by atoms with van der Waals surface area (Å²) < 4.78 is 11.5. The van der Waals surface area contributed by atoms with Crippen LogP contribution in [0.4, 0.5) is 0 Å². The largest absolute Gasteiger partial charge is 0.375 e. The van der Waals surface area contributed by atoms with Gasteiger partial charge in [0.05, 0.1) is 10.5 Å². The van der Waals surface area contributed by atoms with Crippen LogP contribution in [0, 0.1) is 19.8 Å². The average molecular weight is 375 g/mol. The minimum Gasteiger partial charge on any atom is -0.375 e. The highest BCUT2D eigenvalue weighted by Crippen LogP contribution is 2.39. The van der Waals surface area contributed by atoms with Crippen molar-refractivity contribution in [3.63, 3.8) is 0 Å². The Morgan fingerprint density at radius 1 is 1.35 bits per heavy atom. The van der Waals surface area contributed by atoms with E-state index in [9.17, 15) is 4.79 Å². The van der Waals surface area contributed by atoms with E-state index in [4.69, 9.17) is 9.26 Å². The van der Waals surface area contributed by atoms with Gasteiger partial charge in [-0.05, 0) is 57.6 Å². The van der Waals surface area contributed by atoms with Crippen LogP contribution < -0.4 is 0 Å². The van der Waals surface area contributed by atoms with Crippen LogP contribution in [0.25, 0.3) is 0 Å². The Hall–Kier alpha value is -1.73. The summed E-state index contributed by atoms with van der Waals surface area (Å²) in [4.78, 5) is 21.0. The summed E-state index contributed by atoms with van der Waals surface area (Å²) in [5, 5.41) is 3.89. The molecule has 2 fully saturated rings. The molecule has 0 radical (unpaired) electrons. The van der Waals surface area contributed by atoms with E-state index >= 15 is 0 Å². The van der Waals surface area contributed by atoms with Gasteiger partial charge in [-0.3, -0.25) is 4.79 Å². The van der Waals surface area contributed by atoms with Gasteiger partial charge >= 0.3 is 0 Å². The summed E-state index contributed by atoms with van der Waals surface area (Å²) >= 11 is 1.57. The van der Waals surface area contributed by atoms with Crippen LogP contribution in [-0.4, -0.2) is 46.2 Å². The van der Waals surface area contributed by atoms with Crippen LogP contribution in [0.2, 0.25) is 0 Å². The van der Waals surface area contributed by atoms with Gasteiger partial charge in [0.2, 0.25) is 5.89 Å². The Bertz CT molecular complexity index is 777. The van der Waals surface area contributed by atoms with E-state index < -0.39 is 0 Å². The molecule has 1 spiro atoms. The molecule has 4 rings (SSSR count). The van der Waals surface area contributed by atoms with Gasteiger partial charge < -0.3 is 14.2 Å². The molecule has 4 heterocycles. The molecule has 2 saturated heterocycles. The topological polar surface area (TPSA) is 68.5 Å². The molecule has 2 aromatic rings. The Morgan fingerprint density at radius 3 is 2.81 bits per heavy atom. The molecule has 1 atom stereocenters. The number of carbonyl (C=O) groups excluding carboxylic acids is 1. The van der Waals surface area contributed by atoms with Gasteiger partial charge in [-0.25, -0.2) is 0 Å². The lowest BCUT2D eigenvalue weighted by Crippen LogP contribution is -2.50.